The fourth-order valence-corrected chi connectivity index (χ4v) is 2.01. The minimum atomic E-state index is 0.672. The van der Waals surface area contributed by atoms with Gasteiger partial charge < -0.3 is 9.40 Å². The van der Waals surface area contributed by atoms with Crippen molar-refractivity contribution in [3.63, 3.8) is 0 Å². The van der Waals surface area contributed by atoms with E-state index >= 15 is 0 Å². The highest BCUT2D eigenvalue weighted by molar-refractivity contribution is 5.93. The van der Waals surface area contributed by atoms with E-state index in [9.17, 15) is 0 Å². The number of rotatable bonds is 1. The van der Waals surface area contributed by atoms with Crippen LogP contribution in [0, 0.1) is 18.3 Å². The minimum Gasteiger partial charge on any atom is -0.464 e. The van der Waals surface area contributed by atoms with Crippen molar-refractivity contribution in [3.8, 4) is 17.3 Å². The highest BCUT2D eigenvalue weighted by atomic mass is 16.3. The molecule has 0 aliphatic heterocycles. The number of aryl methyl sites for hydroxylation is 1. The van der Waals surface area contributed by atoms with Gasteiger partial charge in [0.05, 0.1) is 11.3 Å². The quantitative estimate of drug-likeness (QED) is 0.683. The number of aromatic nitrogens is 1. The number of nitrogens with zero attached hydrogens (tertiary/aromatic N) is 1. The standard InChI is InChI=1S/C14H10N2O/c1-9-10(7-15)6-13(16-9)12-8-17-14-5-3-2-4-11(12)14/h2-6,8,16H,1H3. The van der Waals surface area contributed by atoms with Crippen LogP contribution in [0.1, 0.15) is 11.3 Å². The second-order valence-electron chi connectivity index (χ2n) is 3.98. The van der Waals surface area contributed by atoms with Crippen LogP contribution < -0.4 is 0 Å². The molecule has 0 radical (unpaired) electrons. The number of nitrogens with one attached hydrogen (secondary N) is 1. The predicted octanol–water partition coefficient (Wildman–Crippen LogP) is 3.61. The average molecular weight is 222 g/mol. The van der Waals surface area contributed by atoms with E-state index in [1.807, 2.05) is 37.3 Å². The monoisotopic (exact) mass is 222 g/mol. The van der Waals surface area contributed by atoms with Crippen LogP contribution in [-0.2, 0) is 0 Å². The molecule has 2 aromatic heterocycles. The van der Waals surface area contributed by atoms with Gasteiger partial charge in [0.2, 0.25) is 0 Å². The Kier molecular flexibility index (Phi) is 2.02. The molecule has 3 heteroatoms. The number of hydrogen-bond acceptors (Lipinski definition) is 2. The molecule has 82 valence electrons. The maximum Gasteiger partial charge on any atom is 0.134 e. The van der Waals surface area contributed by atoms with Crippen molar-refractivity contribution in [1.29, 1.82) is 5.26 Å². The van der Waals surface area contributed by atoms with E-state index in [2.05, 4.69) is 11.1 Å². The Bertz CT molecular complexity index is 728. The number of para-hydroxylation sites is 1. The number of aromatic amines is 1. The lowest BCUT2D eigenvalue weighted by Gasteiger charge is -1.93. The first-order valence-corrected chi connectivity index (χ1v) is 5.36. The number of furan rings is 1. The minimum absolute atomic E-state index is 0.672. The van der Waals surface area contributed by atoms with Gasteiger partial charge in [0.1, 0.15) is 17.9 Å². The van der Waals surface area contributed by atoms with Gasteiger partial charge in [0.25, 0.3) is 0 Å². The summed E-state index contributed by atoms with van der Waals surface area (Å²) in [6.45, 7) is 1.89. The van der Waals surface area contributed by atoms with Crippen molar-refractivity contribution >= 4 is 11.0 Å². The van der Waals surface area contributed by atoms with Gasteiger partial charge in [-0.2, -0.15) is 5.26 Å². The largest absolute Gasteiger partial charge is 0.464 e. The van der Waals surface area contributed by atoms with E-state index < -0.39 is 0 Å². The molecule has 3 rings (SSSR count). The lowest BCUT2D eigenvalue weighted by atomic mass is 10.1. The maximum atomic E-state index is 8.95. The van der Waals surface area contributed by atoms with Gasteiger partial charge in [-0.25, -0.2) is 0 Å². The lowest BCUT2D eigenvalue weighted by Crippen LogP contribution is -1.75. The highest BCUT2D eigenvalue weighted by Gasteiger charge is 2.11. The van der Waals surface area contributed by atoms with Crippen molar-refractivity contribution in [1.82, 2.24) is 4.98 Å². The van der Waals surface area contributed by atoms with Gasteiger partial charge in [-0.3, -0.25) is 0 Å². The molecular weight excluding hydrogens is 212 g/mol. The smallest absolute Gasteiger partial charge is 0.134 e. The molecule has 0 spiro atoms. The SMILES string of the molecule is Cc1[nH]c(-c2coc3ccccc23)cc1C#N. The molecule has 17 heavy (non-hydrogen) atoms. The average Bonchev–Trinajstić information content (AvgIpc) is 2.92. The molecule has 2 heterocycles. The third-order valence-electron chi connectivity index (χ3n) is 2.91. The van der Waals surface area contributed by atoms with E-state index in [4.69, 9.17) is 9.68 Å². The number of nitriles is 1. The van der Waals surface area contributed by atoms with Gasteiger partial charge in [-0.05, 0) is 19.1 Å². The number of H-pyrrole nitrogens is 1. The summed E-state index contributed by atoms with van der Waals surface area (Å²) in [6, 6.07) is 11.9. The van der Waals surface area contributed by atoms with E-state index in [1.165, 1.54) is 0 Å². The molecule has 0 amide bonds. The lowest BCUT2D eigenvalue weighted by molar-refractivity contribution is 0.617. The third-order valence-corrected chi connectivity index (χ3v) is 2.91. The molecule has 0 saturated heterocycles. The summed E-state index contributed by atoms with van der Waals surface area (Å²) in [5.74, 6) is 0. The van der Waals surface area contributed by atoms with Crippen LogP contribution in [0.25, 0.3) is 22.2 Å². The summed E-state index contributed by atoms with van der Waals surface area (Å²) in [5.41, 5.74) is 4.32. The van der Waals surface area contributed by atoms with Crippen LogP contribution in [0.4, 0.5) is 0 Å². The number of fused-ring (bicyclic) bond motifs is 1. The Hall–Kier alpha value is -2.47. The molecule has 3 nitrogen and oxygen atoms in total. The third kappa shape index (κ3) is 1.42. The van der Waals surface area contributed by atoms with Gasteiger partial charge in [0.15, 0.2) is 0 Å². The van der Waals surface area contributed by atoms with Crippen LogP contribution in [-0.4, -0.2) is 4.98 Å². The van der Waals surface area contributed by atoms with Gasteiger partial charge in [0, 0.05) is 16.6 Å². The molecule has 0 atom stereocenters. The zero-order chi connectivity index (χ0) is 11.8. The van der Waals surface area contributed by atoms with Crippen LogP contribution in [0.3, 0.4) is 0 Å². The van der Waals surface area contributed by atoms with Crippen LogP contribution >= 0.6 is 0 Å². The summed E-state index contributed by atoms with van der Waals surface area (Å²) in [6.07, 6.45) is 1.72. The second-order valence-corrected chi connectivity index (χ2v) is 3.98. The molecule has 0 saturated carbocycles. The molecule has 1 aromatic carbocycles. The molecule has 0 unspecified atom stereocenters. The van der Waals surface area contributed by atoms with Crippen LogP contribution in [0.15, 0.2) is 41.0 Å². The van der Waals surface area contributed by atoms with Crippen molar-refractivity contribution in [2.24, 2.45) is 0 Å². The zero-order valence-corrected chi connectivity index (χ0v) is 9.32. The Balaban J connectivity index is 2.24. The van der Waals surface area contributed by atoms with Crippen molar-refractivity contribution < 1.29 is 4.42 Å². The summed E-state index contributed by atoms with van der Waals surface area (Å²) in [4.78, 5) is 3.21. The van der Waals surface area contributed by atoms with Gasteiger partial charge in [-0.15, -0.1) is 0 Å². The topological polar surface area (TPSA) is 52.7 Å². The zero-order valence-electron chi connectivity index (χ0n) is 9.32. The number of benzene rings is 1. The normalized spacial score (nSPS) is 10.6. The molecule has 1 N–H and O–H groups in total. The first kappa shape index (κ1) is 9.73. The fourth-order valence-electron chi connectivity index (χ4n) is 2.01. The highest BCUT2D eigenvalue weighted by Crippen LogP contribution is 2.30. The first-order valence-electron chi connectivity index (χ1n) is 5.36. The Morgan fingerprint density at radius 1 is 1.29 bits per heavy atom. The molecule has 3 aromatic rings. The van der Waals surface area contributed by atoms with E-state index in [0.717, 1.165) is 27.9 Å². The molecule has 0 fully saturated rings. The molecule has 0 aliphatic carbocycles. The van der Waals surface area contributed by atoms with Crippen molar-refractivity contribution in [3.05, 3.63) is 47.9 Å². The van der Waals surface area contributed by atoms with Crippen LogP contribution in [0.2, 0.25) is 0 Å². The van der Waals surface area contributed by atoms with Crippen LogP contribution in [0.5, 0.6) is 0 Å². The van der Waals surface area contributed by atoms with Gasteiger partial charge >= 0.3 is 0 Å². The van der Waals surface area contributed by atoms with E-state index in [1.54, 1.807) is 6.26 Å². The van der Waals surface area contributed by atoms with E-state index in [0.29, 0.717) is 5.56 Å². The second kappa shape index (κ2) is 3.53. The predicted molar refractivity (Wildman–Crippen MR) is 65.5 cm³/mol. The summed E-state index contributed by atoms with van der Waals surface area (Å²) in [7, 11) is 0. The van der Waals surface area contributed by atoms with Crippen molar-refractivity contribution in [2.75, 3.05) is 0 Å². The summed E-state index contributed by atoms with van der Waals surface area (Å²) >= 11 is 0. The summed E-state index contributed by atoms with van der Waals surface area (Å²) in [5, 5.41) is 10.0. The molecular formula is C14H10N2O. The Morgan fingerprint density at radius 3 is 2.88 bits per heavy atom. The summed E-state index contributed by atoms with van der Waals surface area (Å²) < 4.78 is 5.48. The van der Waals surface area contributed by atoms with E-state index in [-0.39, 0.29) is 0 Å². The fraction of sp³-hybridized carbons (Fsp3) is 0.0714. The van der Waals surface area contributed by atoms with Crippen molar-refractivity contribution in [2.45, 2.75) is 6.92 Å². The first-order chi connectivity index (χ1) is 8.29. The number of hydrogen-bond donors (Lipinski definition) is 1. The Morgan fingerprint density at radius 2 is 2.12 bits per heavy atom. The van der Waals surface area contributed by atoms with Gasteiger partial charge in [-0.1, -0.05) is 18.2 Å². The molecule has 0 bridgehead atoms. The Labute approximate surface area is 98.3 Å². The molecule has 0 aliphatic rings. The maximum absolute atomic E-state index is 8.95.